The van der Waals surface area contributed by atoms with Crippen molar-refractivity contribution in [2.45, 2.75) is 187 Å². The van der Waals surface area contributed by atoms with Crippen molar-refractivity contribution < 1.29 is 37.1 Å². The molecule has 1 N–H and O–H groups in total. The van der Waals surface area contributed by atoms with Gasteiger partial charge >= 0.3 is 12.1 Å². The van der Waals surface area contributed by atoms with Crippen molar-refractivity contribution in [2.75, 3.05) is 13.7 Å². The number of hydrogen-bond acceptors (Lipinski definition) is 11. The first-order chi connectivity index (χ1) is 28.8. The molecule has 5 atom stereocenters. The van der Waals surface area contributed by atoms with Crippen LogP contribution in [0.25, 0.3) is 27.9 Å². The van der Waals surface area contributed by atoms with Crippen LogP contribution in [-0.2, 0) is 38.7 Å². The fraction of sp³-hybridized carbons (Fsp3) is 0.674. The number of fused-ring (bicyclic) bond motifs is 2. The molecule has 5 rings (SSSR count). The Hall–Kier alpha value is -3.46. The van der Waals surface area contributed by atoms with Gasteiger partial charge in [-0.3, -0.25) is 13.9 Å². The Bertz CT molecular complexity index is 2250. The molecule has 1 amide bonds. The Morgan fingerprint density at radius 2 is 1.40 bits per heavy atom. The van der Waals surface area contributed by atoms with E-state index in [-0.39, 0.29) is 21.5 Å². The lowest BCUT2D eigenvalue weighted by molar-refractivity contribution is -0.141. The van der Waals surface area contributed by atoms with Crippen molar-refractivity contribution in [1.29, 1.82) is 0 Å². The van der Waals surface area contributed by atoms with Crippen LogP contribution in [0.4, 0.5) is 4.79 Å². The first kappa shape index (κ1) is 50.5. The quantitative estimate of drug-likeness (QED) is 0.0951. The third-order valence-electron chi connectivity index (χ3n) is 13.6. The van der Waals surface area contributed by atoms with Gasteiger partial charge in [0.15, 0.2) is 48.2 Å². The van der Waals surface area contributed by atoms with Crippen LogP contribution in [0.1, 0.15) is 101 Å². The summed E-state index contributed by atoms with van der Waals surface area (Å²) < 4.78 is 43.5. The molecular weight excluding hydrogens is 849 g/mol. The lowest BCUT2D eigenvalue weighted by Gasteiger charge is -2.44. The molecule has 350 valence electrons. The average molecular weight is 925 g/mol. The molecule has 1 saturated heterocycles. The van der Waals surface area contributed by atoms with Crippen molar-refractivity contribution in [3.63, 3.8) is 0 Å². The van der Waals surface area contributed by atoms with Crippen LogP contribution in [0.2, 0.25) is 54.4 Å². The SMILES string of the molecule is COC(=O)C[C@H](Cc1cn(-c2ncnc3c2ncn3[C@@H]2O[C@H](CO[Si](C)(C)C(C)(C)C)[C@@H](O[Si](C)(C)C(C)(C)C)[C@H]2O[Si](C)(C)C(C)(C)C)c2ccccc12)NC(=O)OC(C)(C)C. The molecule has 1 aliphatic heterocycles. The molecule has 1 aromatic carbocycles. The predicted molar refractivity (Wildman–Crippen MR) is 257 cm³/mol. The second-order valence-corrected chi connectivity index (χ2v) is 37.0. The number of nitrogens with one attached hydrogen (secondary N) is 1. The van der Waals surface area contributed by atoms with Crippen LogP contribution in [-0.4, -0.2) is 105 Å². The summed E-state index contributed by atoms with van der Waals surface area (Å²) in [5, 5.41) is 3.68. The average Bonchev–Trinajstić information content (AvgIpc) is 3.82. The zero-order valence-corrected chi connectivity index (χ0v) is 44.6. The van der Waals surface area contributed by atoms with E-state index in [2.05, 4.69) is 107 Å². The molecular formula is C46H76N6O8Si3. The molecule has 0 radical (unpaired) electrons. The third kappa shape index (κ3) is 11.3. The summed E-state index contributed by atoms with van der Waals surface area (Å²) in [5.41, 5.74) is 2.20. The van der Waals surface area contributed by atoms with Crippen molar-refractivity contribution >= 4 is 59.1 Å². The maximum atomic E-state index is 13.0. The number of aromatic nitrogens is 5. The maximum Gasteiger partial charge on any atom is 0.407 e. The van der Waals surface area contributed by atoms with Crippen molar-refractivity contribution in [2.24, 2.45) is 0 Å². The molecule has 14 nitrogen and oxygen atoms in total. The highest BCUT2D eigenvalue weighted by molar-refractivity contribution is 6.75. The molecule has 17 heteroatoms. The van der Waals surface area contributed by atoms with E-state index in [1.54, 1.807) is 33.4 Å². The molecule has 4 heterocycles. The predicted octanol–water partition coefficient (Wildman–Crippen LogP) is 10.5. The first-order valence-corrected chi connectivity index (χ1v) is 31.0. The smallest absolute Gasteiger partial charge is 0.407 e. The number of methoxy groups -OCH3 is 1. The Kier molecular flexibility index (Phi) is 14.5. The highest BCUT2D eigenvalue weighted by Gasteiger charge is 2.55. The number of nitrogens with zero attached hydrogens (tertiary/aromatic N) is 5. The van der Waals surface area contributed by atoms with Gasteiger partial charge in [-0.25, -0.2) is 19.7 Å². The normalized spacial score (nSPS) is 20.0. The van der Waals surface area contributed by atoms with Gasteiger partial charge in [-0.1, -0.05) is 80.5 Å². The van der Waals surface area contributed by atoms with Gasteiger partial charge in [0, 0.05) is 17.6 Å². The number of benzene rings is 1. The Labute approximate surface area is 378 Å². The molecule has 0 saturated carbocycles. The van der Waals surface area contributed by atoms with Crippen LogP contribution in [0.3, 0.4) is 0 Å². The molecule has 4 aromatic rings. The van der Waals surface area contributed by atoms with Gasteiger partial charge in [-0.15, -0.1) is 0 Å². The third-order valence-corrected chi connectivity index (χ3v) is 27.1. The van der Waals surface area contributed by atoms with Crippen LogP contribution in [0.5, 0.6) is 0 Å². The summed E-state index contributed by atoms with van der Waals surface area (Å²) in [5.74, 6) is 0.121. The Balaban J connectivity index is 1.63. The molecule has 0 aliphatic carbocycles. The second kappa shape index (κ2) is 18.1. The summed E-state index contributed by atoms with van der Waals surface area (Å²) >= 11 is 0. The monoisotopic (exact) mass is 925 g/mol. The standard InChI is InChI=1S/C46H76N6O8Si3/c1-43(2,3)58-42(54)50-31(25-35(53)55-13)24-30-26-51(33-23-21-20-22-32(30)33)39-36-40(48-28-47-39)52(29-49-36)41-38(60-63(18,19)46(10,11)12)37(59-62(16,17)45(7,8)9)34(57-41)27-56-61(14,15)44(4,5)6/h20-23,26,28-29,31,34,37-38,41H,24-25,27H2,1-19H3,(H,50,54)/t31-,34+,37+,38+,41+/m0/s1. The van der Waals surface area contributed by atoms with Crippen molar-refractivity contribution in [1.82, 2.24) is 29.4 Å². The molecule has 1 fully saturated rings. The first-order valence-electron chi connectivity index (χ1n) is 22.3. The molecule has 0 spiro atoms. The van der Waals surface area contributed by atoms with E-state index in [9.17, 15) is 9.59 Å². The van der Waals surface area contributed by atoms with Crippen molar-refractivity contribution in [3.8, 4) is 5.82 Å². The van der Waals surface area contributed by atoms with Gasteiger partial charge in [0.05, 0.1) is 32.0 Å². The van der Waals surface area contributed by atoms with Crippen LogP contribution in [0, 0.1) is 0 Å². The Morgan fingerprint density at radius 1 is 0.810 bits per heavy atom. The summed E-state index contributed by atoms with van der Waals surface area (Å²) in [4.78, 5) is 40.2. The molecule has 63 heavy (non-hydrogen) atoms. The number of carbonyl (C=O) groups excluding carboxylic acids is 2. The van der Waals surface area contributed by atoms with Crippen molar-refractivity contribution in [3.05, 3.63) is 48.7 Å². The van der Waals surface area contributed by atoms with E-state index in [0.29, 0.717) is 30.0 Å². The number of imidazole rings is 1. The largest absolute Gasteiger partial charge is 0.469 e. The van der Waals surface area contributed by atoms with E-state index in [0.717, 1.165) is 16.5 Å². The van der Waals surface area contributed by atoms with E-state index in [4.69, 9.17) is 42.4 Å². The maximum absolute atomic E-state index is 13.0. The molecule has 0 bridgehead atoms. The summed E-state index contributed by atoms with van der Waals surface area (Å²) in [7, 11) is -5.64. The summed E-state index contributed by atoms with van der Waals surface area (Å²) in [6, 6.07) is 7.35. The zero-order valence-electron chi connectivity index (χ0n) is 41.6. The van der Waals surface area contributed by atoms with E-state index < -0.39 is 73.2 Å². The van der Waals surface area contributed by atoms with Crippen LogP contribution in [0.15, 0.2) is 43.1 Å². The number of carbonyl (C=O) groups is 2. The van der Waals surface area contributed by atoms with E-state index >= 15 is 0 Å². The summed E-state index contributed by atoms with van der Waals surface area (Å²) in [6.45, 7) is 39.6. The van der Waals surface area contributed by atoms with E-state index in [1.807, 2.05) is 39.6 Å². The molecule has 3 aromatic heterocycles. The fourth-order valence-electron chi connectivity index (χ4n) is 6.86. The number of ether oxygens (including phenoxy) is 3. The number of rotatable bonds is 14. The fourth-order valence-corrected chi connectivity index (χ4v) is 10.5. The van der Waals surface area contributed by atoms with E-state index in [1.165, 1.54) is 7.11 Å². The highest BCUT2D eigenvalue weighted by atomic mass is 28.4. The molecule has 1 aliphatic rings. The second-order valence-electron chi connectivity index (χ2n) is 22.7. The van der Waals surface area contributed by atoms with Gasteiger partial charge < -0.3 is 32.8 Å². The van der Waals surface area contributed by atoms with Gasteiger partial charge in [0.2, 0.25) is 0 Å². The number of alkyl carbamates (subject to hydrolysis) is 1. The number of para-hydroxylation sites is 1. The van der Waals surface area contributed by atoms with Gasteiger partial charge in [0.1, 0.15) is 30.2 Å². The van der Waals surface area contributed by atoms with Crippen LogP contribution >= 0.6 is 0 Å². The van der Waals surface area contributed by atoms with Crippen LogP contribution < -0.4 is 5.32 Å². The topological polar surface area (TPSA) is 150 Å². The number of esters is 1. The summed E-state index contributed by atoms with van der Waals surface area (Å²) in [6.07, 6.45) is 3.01. The minimum absolute atomic E-state index is 0.00503. The Morgan fingerprint density at radius 3 is 1.97 bits per heavy atom. The lowest BCUT2D eigenvalue weighted by Crippen LogP contribution is -2.54. The number of hydrogen-bond donors (Lipinski definition) is 1. The lowest BCUT2D eigenvalue weighted by atomic mass is 10.0. The minimum atomic E-state index is -2.42. The van der Waals surface area contributed by atoms with Gasteiger partial charge in [0.25, 0.3) is 0 Å². The highest BCUT2D eigenvalue weighted by Crippen LogP contribution is 2.47. The van der Waals surface area contributed by atoms with Gasteiger partial charge in [-0.05, 0) is 93.2 Å². The minimum Gasteiger partial charge on any atom is -0.469 e. The number of amides is 1. The van der Waals surface area contributed by atoms with Gasteiger partial charge in [-0.2, -0.15) is 0 Å². The molecule has 0 unspecified atom stereocenters. The zero-order chi connectivity index (χ0) is 47.3.